The Morgan fingerprint density at radius 2 is 2.20 bits per heavy atom. The first-order valence-corrected chi connectivity index (χ1v) is 6.47. The van der Waals surface area contributed by atoms with Gasteiger partial charge < -0.3 is 15.5 Å². The molecule has 0 bridgehead atoms. The normalized spacial score (nSPS) is 47.7. The summed E-state index contributed by atoms with van der Waals surface area (Å²) < 4.78 is 12.6. The predicted octanol–water partition coefficient (Wildman–Crippen LogP) is -0.190. The van der Waals surface area contributed by atoms with Crippen LogP contribution in [0.2, 0.25) is 0 Å². The summed E-state index contributed by atoms with van der Waals surface area (Å²) in [6, 6.07) is -0.239. The molecule has 0 aromatic heterocycles. The van der Waals surface area contributed by atoms with Crippen LogP contribution < -0.4 is 5.32 Å². The molecule has 15 heavy (non-hydrogen) atoms. The van der Waals surface area contributed by atoms with Crippen LogP contribution in [0.5, 0.6) is 0 Å². The fraction of sp³-hybridized carbons (Fsp3) is 0.875. The third kappa shape index (κ3) is 1.98. The van der Waals surface area contributed by atoms with Crippen molar-refractivity contribution in [3.05, 3.63) is 0 Å². The summed E-state index contributed by atoms with van der Waals surface area (Å²) in [4.78, 5) is 3.99. The highest BCUT2D eigenvalue weighted by Gasteiger charge is 2.48. The average Bonchev–Trinajstić information content (AvgIpc) is 2.66. The van der Waals surface area contributed by atoms with E-state index >= 15 is 0 Å². The van der Waals surface area contributed by atoms with Gasteiger partial charge in [0.15, 0.2) is 5.17 Å². The van der Waals surface area contributed by atoms with Crippen LogP contribution in [0.4, 0.5) is 4.39 Å². The quantitative estimate of drug-likeness (QED) is 0.604. The zero-order chi connectivity index (χ0) is 11.0. The summed E-state index contributed by atoms with van der Waals surface area (Å²) in [5.74, 6) is 0. The Morgan fingerprint density at radius 1 is 1.47 bits per heavy atom. The average molecular weight is 252 g/mol. The molecule has 2 aliphatic rings. The van der Waals surface area contributed by atoms with Gasteiger partial charge in [-0.05, 0) is 0 Å². The number of nitrogens with zero attached hydrogens (tertiary/aromatic N) is 1. The molecule has 0 spiro atoms. The van der Waals surface area contributed by atoms with E-state index < -0.39 is 24.1 Å². The number of alkyl halides is 1. The van der Waals surface area contributed by atoms with Gasteiger partial charge in [-0.15, -0.1) is 11.8 Å². The van der Waals surface area contributed by atoms with E-state index in [4.69, 9.17) is 0 Å². The minimum atomic E-state index is -1.01. The maximum Gasteiger partial charge on any atom is 0.157 e. The summed E-state index contributed by atoms with van der Waals surface area (Å²) in [6.07, 6.45) is -1.94. The minimum absolute atomic E-state index is 0.0304. The van der Waals surface area contributed by atoms with Gasteiger partial charge >= 0.3 is 0 Å². The van der Waals surface area contributed by atoms with Crippen molar-refractivity contribution in [3.8, 4) is 0 Å². The number of hydrogen-bond donors (Lipinski definition) is 3. The van der Waals surface area contributed by atoms with E-state index in [0.29, 0.717) is 0 Å². The van der Waals surface area contributed by atoms with E-state index in [1.165, 1.54) is 23.5 Å². The van der Waals surface area contributed by atoms with Gasteiger partial charge in [0, 0.05) is 7.05 Å². The van der Waals surface area contributed by atoms with Crippen LogP contribution in [0.3, 0.4) is 0 Å². The van der Waals surface area contributed by atoms with Crippen LogP contribution in [0.25, 0.3) is 0 Å². The number of amidine groups is 1. The maximum atomic E-state index is 12.6. The van der Waals surface area contributed by atoms with Crippen LogP contribution in [0.15, 0.2) is 4.99 Å². The summed E-state index contributed by atoms with van der Waals surface area (Å²) in [5, 5.41) is 22.7. The fourth-order valence-corrected chi connectivity index (χ4v) is 4.68. The number of aliphatic imine (C=N–C) groups is 1. The van der Waals surface area contributed by atoms with E-state index in [1.807, 2.05) is 0 Å². The summed E-state index contributed by atoms with van der Waals surface area (Å²) >= 11 is 2.85. The van der Waals surface area contributed by atoms with Crippen molar-refractivity contribution in [1.29, 1.82) is 0 Å². The second-order valence-electron chi connectivity index (χ2n) is 3.50. The molecule has 7 heteroatoms. The SMILES string of the molecule is CN=C1NC2C(S1)SC(CF)C(O)C2O. The lowest BCUT2D eigenvalue weighted by Gasteiger charge is -2.37. The number of fused-ring (bicyclic) bond motifs is 1. The number of halogens is 1. The molecule has 0 amide bonds. The highest BCUT2D eigenvalue weighted by atomic mass is 32.2. The first kappa shape index (κ1) is 11.5. The third-order valence-corrected chi connectivity index (χ3v) is 5.56. The largest absolute Gasteiger partial charge is 0.389 e. The first-order valence-electron chi connectivity index (χ1n) is 4.65. The molecule has 2 fully saturated rings. The molecule has 2 saturated heterocycles. The first-order chi connectivity index (χ1) is 7.17. The van der Waals surface area contributed by atoms with Crippen LogP contribution in [-0.2, 0) is 0 Å². The number of aliphatic hydroxyl groups is 2. The molecular weight excluding hydrogens is 239 g/mol. The van der Waals surface area contributed by atoms with Crippen LogP contribution >= 0.6 is 23.5 Å². The lowest BCUT2D eigenvalue weighted by molar-refractivity contribution is -0.00453. The van der Waals surface area contributed by atoms with Gasteiger partial charge in [0.2, 0.25) is 0 Å². The van der Waals surface area contributed by atoms with Crippen LogP contribution in [-0.4, -0.2) is 57.2 Å². The lowest BCUT2D eigenvalue weighted by atomic mass is 10.0. The highest BCUT2D eigenvalue weighted by Crippen LogP contribution is 2.42. The van der Waals surface area contributed by atoms with Crippen molar-refractivity contribution in [1.82, 2.24) is 5.32 Å². The topological polar surface area (TPSA) is 64.9 Å². The number of thioether (sulfide) groups is 2. The van der Waals surface area contributed by atoms with E-state index in [0.717, 1.165) is 5.17 Å². The Balaban J connectivity index is 2.13. The van der Waals surface area contributed by atoms with Gasteiger partial charge in [0.1, 0.15) is 12.8 Å². The summed E-state index contributed by atoms with van der Waals surface area (Å²) in [7, 11) is 1.66. The van der Waals surface area contributed by atoms with Crippen molar-refractivity contribution in [3.63, 3.8) is 0 Å². The van der Waals surface area contributed by atoms with Gasteiger partial charge in [0.05, 0.1) is 22.0 Å². The third-order valence-electron chi connectivity index (χ3n) is 2.57. The van der Waals surface area contributed by atoms with Crippen molar-refractivity contribution < 1.29 is 14.6 Å². The molecule has 4 nitrogen and oxygen atoms in total. The van der Waals surface area contributed by atoms with Crippen molar-refractivity contribution in [2.45, 2.75) is 28.1 Å². The van der Waals surface area contributed by atoms with E-state index in [9.17, 15) is 14.6 Å². The molecule has 3 N–H and O–H groups in total. The van der Waals surface area contributed by atoms with Gasteiger partial charge in [-0.2, -0.15) is 0 Å². The van der Waals surface area contributed by atoms with Gasteiger partial charge in [-0.3, -0.25) is 4.99 Å². The fourth-order valence-electron chi connectivity index (χ4n) is 1.72. The molecule has 0 radical (unpaired) electrons. The molecular formula is C8H13FN2O2S2. The Morgan fingerprint density at radius 3 is 2.80 bits per heavy atom. The smallest absolute Gasteiger partial charge is 0.157 e. The Labute approximate surface area is 95.7 Å². The van der Waals surface area contributed by atoms with E-state index in [-0.39, 0.29) is 10.6 Å². The Kier molecular flexibility index (Phi) is 3.44. The second kappa shape index (κ2) is 4.48. The van der Waals surface area contributed by atoms with Crippen molar-refractivity contribution in [2.75, 3.05) is 13.7 Å². The van der Waals surface area contributed by atoms with Crippen molar-refractivity contribution in [2.24, 2.45) is 4.99 Å². The Bertz CT molecular complexity index is 279. The van der Waals surface area contributed by atoms with Gasteiger partial charge in [0.25, 0.3) is 0 Å². The minimum Gasteiger partial charge on any atom is -0.389 e. The number of nitrogens with one attached hydrogen (secondary N) is 1. The van der Waals surface area contributed by atoms with E-state index in [2.05, 4.69) is 10.3 Å². The molecule has 5 atom stereocenters. The summed E-state index contributed by atoms with van der Waals surface area (Å²) in [5.41, 5.74) is 0. The number of aliphatic hydroxyl groups excluding tert-OH is 2. The molecule has 0 aromatic rings. The molecule has 2 aliphatic heterocycles. The Hall–Kier alpha value is 0.0200. The molecule has 0 aliphatic carbocycles. The molecule has 86 valence electrons. The lowest BCUT2D eigenvalue weighted by Crippen LogP contribution is -2.55. The highest BCUT2D eigenvalue weighted by molar-refractivity contribution is 8.25. The van der Waals surface area contributed by atoms with E-state index in [1.54, 1.807) is 7.05 Å². The predicted molar refractivity (Wildman–Crippen MR) is 61.0 cm³/mol. The molecule has 0 aromatic carbocycles. The molecule has 2 heterocycles. The van der Waals surface area contributed by atoms with Crippen LogP contribution in [0, 0.1) is 0 Å². The standard InChI is InChI=1S/C8H13FN2O2S2/c1-10-8-11-4-6(13)5(12)3(2-9)14-7(4)15-8/h3-7,12-13H,2H2,1H3,(H,10,11). The van der Waals surface area contributed by atoms with Crippen molar-refractivity contribution >= 4 is 28.7 Å². The summed E-state index contributed by atoms with van der Waals surface area (Å²) in [6.45, 7) is -0.620. The molecule has 5 unspecified atom stereocenters. The molecule has 2 rings (SSSR count). The zero-order valence-corrected chi connectivity index (χ0v) is 9.76. The number of rotatable bonds is 1. The van der Waals surface area contributed by atoms with Gasteiger partial charge in [-0.25, -0.2) is 4.39 Å². The maximum absolute atomic E-state index is 12.6. The zero-order valence-electron chi connectivity index (χ0n) is 8.13. The van der Waals surface area contributed by atoms with Crippen LogP contribution in [0.1, 0.15) is 0 Å². The van der Waals surface area contributed by atoms with Gasteiger partial charge in [-0.1, -0.05) is 11.8 Å². The monoisotopic (exact) mass is 252 g/mol. The number of hydrogen-bond acceptors (Lipinski definition) is 5. The second-order valence-corrected chi connectivity index (χ2v) is 6.31. The molecule has 0 saturated carbocycles.